The molecule has 38 heavy (non-hydrogen) atoms. The van der Waals surface area contributed by atoms with Gasteiger partial charge in [-0.25, -0.2) is 0 Å². The van der Waals surface area contributed by atoms with Crippen LogP contribution in [0.1, 0.15) is 52.9 Å². The third kappa shape index (κ3) is 6.57. The number of fused-ring (bicyclic) bond motifs is 1. The molecule has 0 saturated carbocycles. The number of carbonyl (C=O) groups is 2. The Morgan fingerprint density at radius 1 is 0.921 bits per heavy atom. The van der Waals surface area contributed by atoms with Crippen LogP contribution in [0.25, 0.3) is 11.0 Å². The van der Waals surface area contributed by atoms with Crippen molar-refractivity contribution >= 4 is 54.5 Å². The van der Waals surface area contributed by atoms with E-state index >= 15 is 0 Å². The molecule has 0 aliphatic carbocycles. The number of ketones is 1. The van der Waals surface area contributed by atoms with E-state index in [4.69, 9.17) is 14.9 Å². The van der Waals surface area contributed by atoms with Gasteiger partial charge in [-0.15, -0.1) is 0 Å². The predicted octanol–water partition coefficient (Wildman–Crippen LogP) is 6.81. The van der Waals surface area contributed by atoms with E-state index in [9.17, 15) is 19.8 Å². The highest BCUT2D eigenvalue weighted by Crippen LogP contribution is 2.39. The van der Waals surface area contributed by atoms with Gasteiger partial charge < -0.3 is 25.1 Å². The van der Waals surface area contributed by atoms with Crippen molar-refractivity contribution < 1.29 is 29.0 Å². The van der Waals surface area contributed by atoms with E-state index in [0.717, 1.165) is 12.0 Å². The first-order valence-electron chi connectivity index (χ1n) is 12.2. The molecular weight excluding hydrogens is 618 g/mol. The topological polar surface area (TPSA) is 123 Å². The number of hydrogen-bond donors (Lipinski definition) is 3. The van der Waals surface area contributed by atoms with Crippen molar-refractivity contribution in [2.45, 2.75) is 38.5 Å². The van der Waals surface area contributed by atoms with Crippen LogP contribution in [0.4, 0.5) is 0 Å². The van der Waals surface area contributed by atoms with Gasteiger partial charge in [-0.3, -0.25) is 9.59 Å². The number of halogens is 2. The molecule has 0 saturated heterocycles. The van der Waals surface area contributed by atoms with E-state index in [0.29, 0.717) is 75.5 Å². The minimum Gasteiger partial charge on any atom is -0.506 e. The van der Waals surface area contributed by atoms with Crippen molar-refractivity contribution in [2.24, 2.45) is 5.73 Å². The molecule has 0 atom stereocenters. The fourth-order valence-electron chi connectivity index (χ4n) is 4.23. The minimum absolute atomic E-state index is 0.0109. The van der Waals surface area contributed by atoms with Gasteiger partial charge in [0.25, 0.3) is 0 Å². The molecule has 0 unspecified atom stereocenters. The summed E-state index contributed by atoms with van der Waals surface area (Å²) in [6.07, 6.45) is 3.50. The number of phenolic OH excluding ortho intramolecular Hbond substituents is 2. The van der Waals surface area contributed by atoms with Gasteiger partial charge in [0.1, 0.15) is 17.1 Å². The Hall–Kier alpha value is -3.30. The number of benzene rings is 3. The number of carbonyl (C=O) groups excluding carboxylic acids is 2. The lowest BCUT2D eigenvalue weighted by atomic mass is 9.97. The summed E-state index contributed by atoms with van der Waals surface area (Å²) in [6, 6.07) is 16.1. The summed E-state index contributed by atoms with van der Waals surface area (Å²) in [5.74, 6) is -0.0166. The van der Waals surface area contributed by atoms with Gasteiger partial charge in [0, 0.05) is 36.3 Å². The van der Waals surface area contributed by atoms with Crippen molar-refractivity contribution in [1.29, 1.82) is 0 Å². The monoisotopic (exact) mass is 643 g/mol. The molecule has 1 amide bonds. The molecule has 4 rings (SSSR count). The van der Waals surface area contributed by atoms with Gasteiger partial charge in [0.2, 0.25) is 5.91 Å². The molecular formula is C29H27Br2NO6. The Kier molecular flexibility index (Phi) is 9.12. The van der Waals surface area contributed by atoms with Crippen molar-refractivity contribution in [1.82, 2.24) is 0 Å². The molecule has 1 heterocycles. The van der Waals surface area contributed by atoms with Crippen molar-refractivity contribution in [2.75, 3.05) is 6.61 Å². The Labute approximate surface area is 236 Å². The lowest BCUT2D eigenvalue weighted by molar-refractivity contribution is -0.118. The standard InChI is InChI=1S/C29H27Br2NO6/c30-20-13-18(14-21(31)29(20)36)28(35)27-19-15-22(33)25(37-12-11-17-7-3-1-4-8-17)16-24(19)38-23(27)9-5-2-6-10-26(32)34/h1,3-4,7-8,13-16,33,36H,2,5-6,9-12H2,(H2,32,34). The largest absolute Gasteiger partial charge is 0.506 e. The van der Waals surface area contributed by atoms with Crippen LogP contribution in [0.5, 0.6) is 17.2 Å². The van der Waals surface area contributed by atoms with Crippen LogP contribution in [-0.4, -0.2) is 28.5 Å². The van der Waals surface area contributed by atoms with Crippen LogP contribution < -0.4 is 10.5 Å². The zero-order valence-electron chi connectivity index (χ0n) is 20.5. The summed E-state index contributed by atoms with van der Waals surface area (Å²) in [5, 5.41) is 21.3. The van der Waals surface area contributed by atoms with Crippen LogP contribution in [0, 0.1) is 0 Å². The number of nitrogens with two attached hydrogens (primary N) is 1. The Bertz CT molecular complexity index is 1440. The van der Waals surface area contributed by atoms with E-state index in [1.807, 2.05) is 30.3 Å². The average Bonchev–Trinajstić information content (AvgIpc) is 3.23. The van der Waals surface area contributed by atoms with E-state index < -0.39 is 0 Å². The first-order valence-corrected chi connectivity index (χ1v) is 13.8. The summed E-state index contributed by atoms with van der Waals surface area (Å²) in [5.41, 5.74) is 7.44. The number of primary amides is 1. The van der Waals surface area contributed by atoms with E-state index in [-0.39, 0.29) is 28.9 Å². The second-order valence-electron chi connectivity index (χ2n) is 8.94. The number of ether oxygens (including phenoxy) is 1. The number of hydrogen-bond acceptors (Lipinski definition) is 6. The van der Waals surface area contributed by atoms with Crippen molar-refractivity contribution in [3.8, 4) is 17.2 Å². The first kappa shape index (κ1) is 27.7. The van der Waals surface area contributed by atoms with Gasteiger partial charge in [-0.1, -0.05) is 36.8 Å². The quantitative estimate of drug-likeness (QED) is 0.115. The maximum absolute atomic E-state index is 13.7. The maximum Gasteiger partial charge on any atom is 0.217 e. The van der Waals surface area contributed by atoms with Crippen LogP contribution in [0.2, 0.25) is 0 Å². The fourth-order valence-corrected chi connectivity index (χ4v) is 5.42. The zero-order valence-corrected chi connectivity index (χ0v) is 23.7. The molecule has 0 radical (unpaired) electrons. The maximum atomic E-state index is 13.7. The molecule has 198 valence electrons. The highest BCUT2D eigenvalue weighted by molar-refractivity contribution is 9.11. The van der Waals surface area contributed by atoms with E-state index in [2.05, 4.69) is 31.9 Å². The number of furan rings is 1. The molecule has 0 spiro atoms. The molecule has 0 fully saturated rings. The molecule has 0 aliphatic rings. The van der Waals surface area contributed by atoms with Crippen LogP contribution in [0.15, 0.2) is 68.0 Å². The number of aromatic hydroxyl groups is 2. The molecule has 0 aliphatic heterocycles. The number of amides is 1. The van der Waals surface area contributed by atoms with Crippen molar-refractivity contribution in [3.63, 3.8) is 0 Å². The number of phenols is 2. The lowest BCUT2D eigenvalue weighted by Gasteiger charge is -2.09. The fraction of sp³-hybridized carbons (Fsp3) is 0.241. The molecule has 4 N–H and O–H groups in total. The van der Waals surface area contributed by atoms with Gasteiger partial charge in [-0.05, 0) is 68.5 Å². The summed E-state index contributed by atoms with van der Waals surface area (Å²) in [7, 11) is 0. The Balaban J connectivity index is 1.64. The van der Waals surface area contributed by atoms with Gasteiger partial charge in [0.15, 0.2) is 17.3 Å². The third-order valence-electron chi connectivity index (χ3n) is 6.17. The van der Waals surface area contributed by atoms with E-state index in [1.165, 1.54) is 6.07 Å². The number of unbranched alkanes of at least 4 members (excludes halogenated alkanes) is 2. The molecule has 3 aromatic carbocycles. The molecule has 4 aromatic rings. The highest BCUT2D eigenvalue weighted by atomic mass is 79.9. The van der Waals surface area contributed by atoms with Crippen LogP contribution in [-0.2, 0) is 17.6 Å². The summed E-state index contributed by atoms with van der Waals surface area (Å²) in [4.78, 5) is 24.8. The molecule has 1 aromatic heterocycles. The second kappa shape index (κ2) is 12.5. The lowest BCUT2D eigenvalue weighted by Crippen LogP contribution is -2.09. The number of rotatable bonds is 12. The smallest absolute Gasteiger partial charge is 0.217 e. The summed E-state index contributed by atoms with van der Waals surface area (Å²) >= 11 is 6.56. The zero-order chi connectivity index (χ0) is 27.2. The minimum atomic E-state index is -0.344. The summed E-state index contributed by atoms with van der Waals surface area (Å²) < 4.78 is 12.7. The van der Waals surface area contributed by atoms with E-state index in [1.54, 1.807) is 18.2 Å². The average molecular weight is 645 g/mol. The van der Waals surface area contributed by atoms with Gasteiger partial charge in [0.05, 0.1) is 21.1 Å². The number of aryl methyl sites for hydroxylation is 1. The Morgan fingerprint density at radius 3 is 2.32 bits per heavy atom. The third-order valence-corrected chi connectivity index (χ3v) is 7.38. The molecule has 0 bridgehead atoms. The van der Waals surface area contributed by atoms with Crippen LogP contribution >= 0.6 is 31.9 Å². The Morgan fingerprint density at radius 2 is 1.63 bits per heavy atom. The summed E-state index contributed by atoms with van der Waals surface area (Å²) in [6.45, 7) is 0.359. The second-order valence-corrected chi connectivity index (χ2v) is 10.7. The molecule has 7 nitrogen and oxygen atoms in total. The normalized spacial score (nSPS) is 11.1. The molecule has 9 heteroatoms. The highest BCUT2D eigenvalue weighted by Gasteiger charge is 2.25. The van der Waals surface area contributed by atoms with Gasteiger partial charge >= 0.3 is 0 Å². The van der Waals surface area contributed by atoms with Crippen LogP contribution in [0.3, 0.4) is 0 Å². The SMILES string of the molecule is NC(=O)CCCCCc1oc2cc(OCCc3ccccc3)c(O)cc2c1C(=O)c1cc(Br)c(O)c(Br)c1. The first-order chi connectivity index (χ1) is 18.2. The predicted molar refractivity (Wildman–Crippen MR) is 152 cm³/mol. The van der Waals surface area contributed by atoms with Crippen molar-refractivity contribution in [3.05, 3.63) is 86.0 Å². The van der Waals surface area contributed by atoms with Gasteiger partial charge in [-0.2, -0.15) is 0 Å².